The fourth-order valence-electron chi connectivity index (χ4n) is 1.67. The Morgan fingerprint density at radius 3 is 2.61 bits per heavy atom. The third kappa shape index (κ3) is 3.51. The van der Waals surface area contributed by atoms with E-state index in [4.69, 9.17) is 5.11 Å². The van der Waals surface area contributed by atoms with Crippen molar-refractivity contribution >= 4 is 23.3 Å². The van der Waals surface area contributed by atoms with Gasteiger partial charge < -0.3 is 10.4 Å². The quantitative estimate of drug-likeness (QED) is 0.579. The van der Waals surface area contributed by atoms with Crippen molar-refractivity contribution in [2.24, 2.45) is 0 Å². The first-order chi connectivity index (χ1) is 10.7. The van der Waals surface area contributed by atoms with Crippen LogP contribution in [0.5, 0.6) is 0 Å². The number of carbonyl (C=O) groups excluding carboxylic acids is 1. The number of nitrogens with zero attached hydrogens (tertiary/aromatic N) is 5. The smallest absolute Gasteiger partial charge is 0.331 e. The average Bonchev–Trinajstić information content (AvgIpc) is 3.08. The highest BCUT2D eigenvalue weighted by molar-refractivity contribution is 5.90. The van der Waals surface area contributed by atoms with Gasteiger partial charge in [-0.3, -0.25) is 24.3 Å². The van der Waals surface area contributed by atoms with Gasteiger partial charge in [-0.15, -0.1) is 0 Å². The van der Waals surface area contributed by atoms with E-state index in [-0.39, 0.29) is 12.2 Å². The SMILES string of the molecule is CC(C)(C(=O)O)n1cc(NC(=O)Cn2cc([N+](=O)[O-])cn2)cn1. The number of nitrogens with one attached hydrogen (secondary N) is 1. The predicted octanol–water partition coefficient (Wildman–Crippen LogP) is 0.446. The molecule has 23 heavy (non-hydrogen) atoms. The molecule has 0 aliphatic rings. The van der Waals surface area contributed by atoms with Gasteiger partial charge in [0.25, 0.3) is 0 Å². The Kier molecular flexibility index (Phi) is 4.12. The van der Waals surface area contributed by atoms with Crippen LogP contribution >= 0.6 is 0 Å². The molecule has 0 unspecified atom stereocenters. The van der Waals surface area contributed by atoms with E-state index >= 15 is 0 Å². The van der Waals surface area contributed by atoms with Gasteiger partial charge in [0, 0.05) is 6.20 Å². The molecule has 0 aliphatic heterocycles. The number of hydrogen-bond acceptors (Lipinski definition) is 6. The summed E-state index contributed by atoms with van der Waals surface area (Å²) in [6.45, 7) is 2.72. The van der Waals surface area contributed by atoms with Gasteiger partial charge in [0.15, 0.2) is 5.54 Å². The number of carboxylic acids is 1. The maximum Gasteiger partial charge on any atom is 0.331 e. The number of anilines is 1. The lowest BCUT2D eigenvalue weighted by Crippen LogP contribution is -2.35. The van der Waals surface area contributed by atoms with Gasteiger partial charge in [0.05, 0.1) is 16.8 Å². The highest BCUT2D eigenvalue weighted by atomic mass is 16.6. The molecule has 2 rings (SSSR count). The Balaban J connectivity index is 2.02. The molecule has 0 radical (unpaired) electrons. The summed E-state index contributed by atoms with van der Waals surface area (Å²) in [5.74, 6) is -1.54. The maximum atomic E-state index is 11.9. The van der Waals surface area contributed by atoms with Crippen molar-refractivity contribution in [1.29, 1.82) is 0 Å². The minimum Gasteiger partial charge on any atom is -0.479 e. The lowest BCUT2D eigenvalue weighted by atomic mass is 10.1. The maximum absolute atomic E-state index is 11.9. The summed E-state index contributed by atoms with van der Waals surface area (Å²) in [5.41, 5.74) is -1.16. The van der Waals surface area contributed by atoms with Crippen molar-refractivity contribution in [3.05, 3.63) is 34.9 Å². The van der Waals surface area contributed by atoms with Gasteiger partial charge in [-0.25, -0.2) is 4.79 Å². The minimum absolute atomic E-state index is 0.214. The van der Waals surface area contributed by atoms with Crippen LogP contribution < -0.4 is 5.32 Å². The van der Waals surface area contributed by atoms with Crippen molar-refractivity contribution in [2.75, 3.05) is 5.32 Å². The fraction of sp³-hybridized carbons (Fsp3) is 0.333. The van der Waals surface area contributed by atoms with Crippen LogP contribution in [0.3, 0.4) is 0 Å². The first-order valence-corrected chi connectivity index (χ1v) is 6.45. The summed E-state index contributed by atoms with van der Waals surface area (Å²) in [5, 5.41) is 29.8. The normalized spacial score (nSPS) is 11.2. The van der Waals surface area contributed by atoms with Crippen LogP contribution in [0.1, 0.15) is 13.8 Å². The summed E-state index contributed by atoms with van der Waals surface area (Å²) >= 11 is 0. The van der Waals surface area contributed by atoms with E-state index < -0.39 is 22.3 Å². The molecule has 0 spiro atoms. The second-order valence-electron chi connectivity index (χ2n) is 5.24. The first kappa shape index (κ1) is 16.1. The van der Waals surface area contributed by atoms with Crippen LogP contribution in [-0.2, 0) is 21.7 Å². The second kappa shape index (κ2) is 5.87. The fourth-order valence-corrected chi connectivity index (χ4v) is 1.67. The van der Waals surface area contributed by atoms with Crippen LogP contribution in [0, 0.1) is 10.1 Å². The molecule has 0 saturated carbocycles. The number of amides is 1. The average molecular weight is 322 g/mol. The molecular formula is C12H14N6O5. The second-order valence-corrected chi connectivity index (χ2v) is 5.24. The number of carbonyl (C=O) groups is 2. The van der Waals surface area contributed by atoms with Crippen molar-refractivity contribution in [1.82, 2.24) is 19.6 Å². The van der Waals surface area contributed by atoms with E-state index in [1.54, 1.807) is 0 Å². The van der Waals surface area contributed by atoms with Crippen molar-refractivity contribution < 1.29 is 19.6 Å². The number of rotatable bonds is 6. The van der Waals surface area contributed by atoms with Gasteiger partial charge in [-0.2, -0.15) is 10.2 Å². The Bertz CT molecular complexity index is 762. The number of nitro groups is 1. The van der Waals surface area contributed by atoms with Gasteiger partial charge in [-0.1, -0.05) is 0 Å². The molecule has 0 saturated heterocycles. The molecule has 122 valence electrons. The number of hydrogen-bond donors (Lipinski definition) is 2. The van der Waals surface area contributed by atoms with E-state index in [1.807, 2.05) is 0 Å². The summed E-state index contributed by atoms with van der Waals surface area (Å²) in [4.78, 5) is 32.9. The third-order valence-corrected chi connectivity index (χ3v) is 3.10. The molecule has 0 fully saturated rings. The van der Waals surface area contributed by atoms with Crippen molar-refractivity contribution in [2.45, 2.75) is 25.9 Å². The first-order valence-electron chi connectivity index (χ1n) is 6.45. The summed E-state index contributed by atoms with van der Waals surface area (Å²) in [6.07, 6.45) is 4.88. The van der Waals surface area contributed by atoms with Crippen molar-refractivity contribution in [3.63, 3.8) is 0 Å². The van der Waals surface area contributed by atoms with Gasteiger partial charge in [0.1, 0.15) is 18.9 Å². The Morgan fingerprint density at radius 1 is 1.35 bits per heavy atom. The van der Waals surface area contributed by atoms with E-state index in [0.717, 1.165) is 17.1 Å². The lowest BCUT2D eigenvalue weighted by Gasteiger charge is -2.19. The number of carboxylic acid groups (broad SMARTS) is 1. The monoisotopic (exact) mass is 322 g/mol. The highest BCUT2D eigenvalue weighted by Crippen LogP contribution is 2.17. The Morgan fingerprint density at radius 2 is 2.04 bits per heavy atom. The van der Waals surface area contributed by atoms with E-state index in [9.17, 15) is 19.7 Å². The molecule has 2 aromatic heterocycles. The van der Waals surface area contributed by atoms with Gasteiger partial charge >= 0.3 is 11.7 Å². The largest absolute Gasteiger partial charge is 0.479 e. The van der Waals surface area contributed by atoms with Gasteiger partial charge in [-0.05, 0) is 13.8 Å². The number of aliphatic carboxylic acids is 1. The van der Waals surface area contributed by atoms with E-state index in [2.05, 4.69) is 15.5 Å². The molecule has 0 atom stereocenters. The molecule has 2 heterocycles. The highest BCUT2D eigenvalue weighted by Gasteiger charge is 2.30. The van der Waals surface area contributed by atoms with Crippen LogP contribution in [-0.4, -0.2) is 41.5 Å². The Hall–Kier alpha value is -3.24. The molecule has 11 heteroatoms. The van der Waals surface area contributed by atoms with Crippen LogP contribution in [0.4, 0.5) is 11.4 Å². The molecule has 11 nitrogen and oxygen atoms in total. The van der Waals surface area contributed by atoms with Gasteiger partial charge in [0.2, 0.25) is 5.91 Å². The molecule has 2 aromatic rings. The predicted molar refractivity (Wildman–Crippen MR) is 76.7 cm³/mol. The molecule has 1 amide bonds. The Labute approximate surface area is 129 Å². The third-order valence-electron chi connectivity index (χ3n) is 3.10. The summed E-state index contributed by atoms with van der Waals surface area (Å²) in [7, 11) is 0. The van der Waals surface area contributed by atoms with E-state index in [1.165, 1.54) is 30.9 Å². The molecule has 0 aromatic carbocycles. The molecular weight excluding hydrogens is 308 g/mol. The number of aromatic nitrogens is 4. The standard InChI is InChI=1S/C12H14N6O5/c1-12(2,11(20)21)17-5-8(3-14-17)15-10(19)7-16-6-9(4-13-16)18(22)23/h3-6H,7H2,1-2H3,(H,15,19)(H,20,21). The lowest BCUT2D eigenvalue weighted by molar-refractivity contribution is -0.385. The zero-order valence-corrected chi connectivity index (χ0v) is 12.3. The zero-order chi connectivity index (χ0) is 17.2. The van der Waals surface area contributed by atoms with Crippen LogP contribution in [0.2, 0.25) is 0 Å². The minimum atomic E-state index is -1.26. The topological polar surface area (TPSA) is 145 Å². The molecule has 0 bridgehead atoms. The van der Waals surface area contributed by atoms with Crippen LogP contribution in [0.25, 0.3) is 0 Å². The molecule has 0 aliphatic carbocycles. The zero-order valence-electron chi connectivity index (χ0n) is 12.3. The molecule has 2 N–H and O–H groups in total. The van der Waals surface area contributed by atoms with Crippen LogP contribution in [0.15, 0.2) is 24.8 Å². The summed E-state index contributed by atoms with van der Waals surface area (Å²) in [6, 6.07) is 0. The van der Waals surface area contributed by atoms with Crippen molar-refractivity contribution in [3.8, 4) is 0 Å². The summed E-state index contributed by atoms with van der Waals surface area (Å²) < 4.78 is 2.34. The van der Waals surface area contributed by atoms with E-state index in [0.29, 0.717) is 5.69 Å².